The first-order valence-electron chi connectivity index (χ1n) is 7.04. The molecule has 1 amide bonds. The molecule has 0 bridgehead atoms. The lowest BCUT2D eigenvalue weighted by Crippen LogP contribution is -2.47. The van der Waals surface area contributed by atoms with Crippen molar-refractivity contribution in [2.24, 2.45) is 11.8 Å². The van der Waals surface area contributed by atoms with Gasteiger partial charge in [0.2, 0.25) is 5.91 Å². The van der Waals surface area contributed by atoms with Gasteiger partial charge in [0, 0.05) is 13.1 Å². The van der Waals surface area contributed by atoms with Gasteiger partial charge in [-0.05, 0) is 24.8 Å². The summed E-state index contributed by atoms with van der Waals surface area (Å²) in [5.74, 6) is 0.593. The molecule has 2 atom stereocenters. The third-order valence-corrected chi connectivity index (χ3v) is 3.51. The highest BCUT2D eigenvalue weighted by Crippen LogP contribution is 2.17. The maximum absolute atomic E-state index is 12.5. The molecule has 0 aromatic carbocycles. The molecule has 19 heavy (non-hydrogen) atoms. The SMILES string of the molecule is COC(=O)CCN(CC(C)C)C(=O)C1NCCC1C. The van der Waals surface area contributed by atoms with Crippen molar-refractivity contribution in [3.63, 3.8) is 0 Å². The topological polar surface area (TPSA) is 58.6 Å². The summed E-state index contributed by atoms with van der Waals surface area (Å²) in [6, 6.07) is -0.101. The number of methoxy groups -OCH3 is 1. The van der Waals surface area contributed by atoms with Crippen LogP contribution in [-0.2, 0) is 14.3 Å². The number of carbonyl (C=O) groups excluding carboxylic acids is 2. The Kier molecular flexibility index (Phi) is 6.28. The third kappa shape index (κ3) is 4.82. The number of esters is 1. The molecule has 110 valence electrons. The van der Waals surface area contributed by atoms with Crippen LogP contribution in [-0.4, -0.2) is 49.6 Å². The molecule has 0 aromatic rings. The maximum atomic E-state index is 12.5. The smallest absolute Gasteiger partial charge is 0.307 e. The van der Waals surface area contributed by atoms with Gasteiger partial charge < -0.3 is 15.0 Å². The molecular formula is C14H26N2O3. The van der Waals surface area contributed by atoms with Crippen LogP contribution in [0.5, 0.6) is 0 Å². The van der Waals surface area contributed by atoms with E-state index in [1.54, 1.807) is 4.90 Å². The number of hydrogen-bond donors (Lipinski definition) is 1. The van der Waals surface area contributed by atoms with Crippen LogP contribution in [0, 0.1) is 11.8 Å². The summed E-state index contributed by atoms with van der Waals surface area (Å²) in [5, 5.41) is 3.25. The minimum absolute atomic E-state index is 0.101. The fourth-order valence-electron chi connectivity index (χ4n) is 2.42. The molecule has 1 aliphatic heterocycles. The van der Waals surface area contributed by atoms with E-state index in [0.29, 0.717) is 24.9 Å². The summed E-state index contributed by atoms with van der Waals surface area (Å²) in [5.41, 5.74) is 0. The normalized spacial score (nSPS) is 22.6. The number of nitrogens with one attached hydrogen (secondary N) is 1. The van der Waals surface area contributed by atoms with Crippen LogP contribution in [0.15, 0.2) is 0 Å². The predicted octanol–water partition coefficient (Wildman–Crippen LogP) is 1.03. The molecule has 1 aliphatic rings. The van der Waals surface area contributed by atoms with Gasteiger partial charge in [0.25, 0.3) is 0 Å². The molecule has 0 spiro atoms. The summed E-state index contributed by atoms with van der Waals surface area (Å²) >= 11 is 0. The van der Waals surface area contributed by atoms with Crippen LogP contribution >= 0.6 is 0 Å². The molecule has 0 aromatic heterocycles. The van der Waals surface area contributed by atoms with E-state index in [-0.39, 0.29) is 24.3 Å². The van der Waals surface area contributed by atoms with Crippen molar-refractivity contribution in [3.8, 4) is 0 Å². The summed E-state index contributed by atoms with van der Waals surface area (Å²) < 4.78 is 4.64. The molecular weight excluding hydrogens is 244 g/mol. The molecule has 2 unspecified atom stereocenters. The lowest BCUT2D eigenvalue weighted by atomic mass is 10.0. The van der Waals surface area contributed by atoms with Crippen molar-refractivity contribution in [2.45, 2.75) is 39.7 Å². The van der Waals surface area contributed by atoms with Crippen LogP contribution < -0.4 is 5.32 Å². The highest BCUT2D eigenvalue weighted by molar-refractivity contribution is 5.83. The molecule has 1 saturated heterocycles. The molecule has 5 nitrogen and oxygen atoms in total. The van der Waals surface area contributed by atoms with Crippen LogP contribution in [0.3, 0.4) is 0 Å². The summed E-state index contributed by atoms with van der Waals surface area (Å²) in [6.07, 6.45) is 1.29. The maximum Gasteiger partial charge on any atom is 0.307 e. The van der Waals surface area contributed by atoms with E-state index in [1.807, 2.05) is 0 Å². The second kappa shape index (κ2) is 7.48. The number of amides is 1. The van der Waals surface area contributed by atoms with Gasteiger partial charge in [-0.2, -0.15) is 0 Å². The fourth-order valence-corrected chi connectivity index (χ4v) is 2.42. The molecule has 1 heterocycles. The van der Waals surface area contributed by atoms with Gasteiger partial charge in [-0.15, -0.1) is 0 Å². The monoisotopic (exact) mass is 270 g/mol. The first-order chi connectivity index (χ1) is 8.95. The fraction of sp³-hybridized carbons (Fsp3) is 0.857. The number of nitrogens with zero attached hydrogens (tertiary/aromatic N) is 1. The standard InChI is InChI=1S/C14H26N2O3/c1-10(2)9-16(8-6-12(17)19-4)14(18)13-11(3)5-7-15-13/h10-11,13,15H,5-9H2,1-4H3. The number of rotatable bonds is 6. The first-order valence-corrected chi connectivity index (χ1v) is 7.04. The Morgan fingerprint density at radius 2 is 2.11 bits per heavy atom. The quantitative estimate of drug-likeness (QED) is 0.732. The van der Waals surface area contributed by atoms with Crippen molar-refractivity contribution in [2.75, 3.05) is 26.7 Å². The van der Waals surface area contributed by atoms with Gasteiger partial charge in [-0.1, -0.05) is 20.8 Å². The Hall–Kier alpha value is -1.10. The predicted molar refractivity (Wildman–Crippen MR) is 73.6 cm³/mol. The van der Waals surface area contributed by atoms with Crippen LogP contribution in [0.1, 0.15) is 33.6 Å². The second-order valence-corrected chi connectivity index (χ2v) is 5.70. The summed E-state index contributed by atoms with van der Waals surface area (Å²) in [6.45, 7) is 8.25. The Labute approximate surface area is 115 Å². The van der Waals surface area contributed by atoms with Crippen molar-refractivity contribution in [3.05, 3.63) is 0 Å². The molecule has 1 rings (SSSR count). The zero-order chi connectivity index (χ0) is 14.4. The van der Waals surface area contributed by atoms with Gasteiger partial charge in [-0.25, -0.2) is 0 Å². The van der Waals surface area contributed by atoms with E-state index >= 15 is 0 Å². The minimum Gasteiger partial charge on any atom is -0.469 e. The van der Waals surface area contributed by atoms with Gasteiger partial charge >= 0.3 is 5.97 Å². The molecule has 5 heteroatoms. The van der Waals surface area contributed by atoms with E-state index in [4.69, 9.17) is 0 Å². The van der Waals surface area contributed by atoms with E-state index in [1.165, 1.54) is 7.11 Å². The lowest BCUT2D eigenvalue weighted by molar-refractivity contribution is -0.142. The number of carbonyl (C=O) groups is 2. The lowest BCUT2D eigenvalue weighted by Gasteiger charge is -2.28. The highest BCUT2D eigenvalue weighted by atomic mass is 16.5. The van der Waals surface area contributed by atoms with Crippen molar-refractivity contribution in [1.82, 2.24) is 10.2 Å². The number of hydrogen-bond acceptors (Lipinski definition) is 4. The second-order valence-electron chi connectivity index (χ2n) is 5.70. The average Bonchev–Trinajstić information content (AvgIpc) is 2.78. The zero-order valence-corrected chi connectivity index (χ0v) is 12.4. The van der Waals surface area contributed by atoms with Gasteiger partial charge in [0.15, 0.2) is 0 Å². The van der Waals surface area contributed by atoms with E-state index in [9.17, 15) is 9.59 Å². The largest absolute Gasteiger partial charge is 0.469 e. The highest BCUT2D eigenvalue weighted by Gasteiger charge is 2.32. The first kappa shape index (κ1) is 16.0. The van der Waals surface area contributed by atoms with Crippen molar-refractivity contribution in [1.29, 1.82) is 0 Å². The molecule has 0 aliphatic carbocycles. The Balaban J connectivity index is 2.61. The van der Waals surface area contributed by atoms with Crippen molar-refractivity contribution < 1.29 is 14.3 Å². The van der Waals surface area contributed by atoms with E-state index in [0.717, 1.165) is 13.0 Å². The Morgan fingerprint density at radius 1 is 1.42 bits per heavy atom. The summed E-state index contributed by atoms with van der Waals surface area (Å²) in [4.78, 5) is 25.5. The van der Waals surface area contributed by atoms with Gasteiger partial charge in [0.1, 0.15) is 0 Å². The molecule has 0 radical (unpaired) electrons. The summed E-state index contributed by atoms with van der Waals surface area (Å²) in [7, 11) is 1.37. The van der Waals surface area contributed by atoms with Gasteiger partial charge in [0.05, 0.1) is 19.6 Å². The van der Waals surface area contributed by atoms with Crippen LogP contribution in [0.2, 0.25) is 0 Å². The van der Waals surface area contributed by atoms with E-state index < -0.39 is 0 Å². The zero-order valence-electron chi connectivity index (χ0n) is 12.4. The van der Waals surface area contributed by atoms with E-state index in [2.05, 4.69) is 30.8 Å². The molecule has 1 fully saturated rings. The van der Waals surface area contributed by atoms with Crippen LogP contribution in [0.4, 0.5) is 0 Å². The van der Waals surface area contributed by atoms with Gasteiger partial charge in [-0.3, -0.25) is 9.59 Å². The van der Waals surface area contributed by atoms with Crippen molar-refractivity contribution >= 4 is 11.9 Å². The minimum atomic E-state index is -0.269. The van der Waals surface area contributed by atoms with Crippen LogP contribution in [0.25, 0.3) is 0 Å². The molecule has 0 saturated carbocycles. The average molecular weight is 270 g/mol. The Morgan fingerprint density at radius 3 is 2.58 bits per heavy atom. The molecule has 1 N–H and O–H groups in total. The Bertz CT molecular complexity index is 318. The third-order valence-electron chi connectivity index (χ3n) is 3.51. The number of ether oxygens (including phenoxy) is 1.